The summed E-state index contributed by atoms with van der Waals surface area (Å²) < 4.78 is 48.1. The zero-order valence-electron chi connectivity index (χ0n) is 9.07. The quantitative estimate of drug-likeness (QED) is 0.855. The molecule has 0 aliphatic carbocycles. The normalized spacial score (nSPS) is 11.2. The average Bonchev–Trinajstić information content (AvgIpc) is 2.28. The van der Waals surface area contributed by atoms with Gasteiger partial charge in [-0.3, -0.25) is 0 Å². The molecule has 0 saturated heterocycles. The molecule has 5 nitrogen and oxygen atoms in total. The van der Waals surface area contributed by atoms with Crippen LogP contribution in [-0.2, 0) is 10.0 Å². The van der Waals surface area contributed by atoms with Crippen molar-refractivity contribution in [3.05, 3.63) is 17.9 Å². The highest BCUT2D eigenvalue weighted by Gasteiger charge is 2.20. The third kappa shape index (κ3) is 2.25. The van der Waals surface area contributed by atoms with E-state index in [9.17, 15) is 12.8 Å². The smallest absolute Gasteiger partial charge is 0.243 e. The van der Waals surface area contributed by atoms with Crippen molar-refractivity contribution < 1.29 is 22.3 Å². The first kappa shape index (κ1) is 12.7. The van der Waals surface area contributed by atoms with E-state index in [2.05, 4.69) is 0 Å². The van der Waals surface area contributed by atoms with Crippen LogP contribution in [0.2, 0.25) is 0 Å². The molecule has 0 fully saturated rings. The van der Waals surface area contributed by atoms with Gasteiger partial charge in [-0.05, 0) is 7.05 Å². The fourth-order valence-electron chi connectivity index (χ4n) is 1.15. The van der Waals surface area contributed by atoms with E-state index >= 15 is 0 Å². The van der Waals surface area contributed by atoms with Gasteiger partial charge in [-0.15, -0.1) is 0 Å². The summed E-state index contributed by atoms with van der Waals surface area (Å²) in [5.41, 5.74) is 0. The lowest BCUT2D eigenvalue weighted by atomic mass is 10.3. The molecule has 90 valence electrons. The van der Waals surface area contributed by atoms with Gasteiger partial charge in [-0.1, -0.05) is 0 Å². The maximum atomic E-state index is 13.5. The average molecular weight is 249 g/mol. The number of nitrogens with one attached hydrogen (secondary N) is 1. The third-order valence-corrected chi connectivity index (χ3v) is 3.43. The summed E-state index contributed by atoms with van der Waals surface area (Å²) in [6.07, 6.45) is 0. The first-order valence-corrected chi connectivity index (χ1v) is 5.79. The molecule has 0 radical (unpaired) electrons. The third-order valence-electron chi connectivity index (χ3n) is 2.00. The molecule has 0 amide bonds. The first-order valence-electron chi connectivity index (χ1n) is 4.31. The summed E-state index contributed by atoms with van der Waals surface area (Å²) in [4.78, 5) is -0.479. The largest absolute Gasteiger partial charge is 0.493 e. The number of benzene rings is 1. The van der Waals surface area contributed by atoms with Gasteiger partial charge in [0.1, 0.15) is 10.7 Å². The summed E-state index contributed by atoms with van der Waals surface area (Å²) in [6.45, 7) is 0. The van der Waals surface area contributed by atoms with Crippen LogP contribution in [0.4, 0.5) is 4.39 Å². The van der Waals surface area contributed by atoms with E-state index in [1.165, 1.54) is 21.3 Å². The minimum atomic E-state index is -3.85. The van der Waals surface area contributed by atoms with E-state index < -0.39 is 20.7 Å². The van der Waals surface area contributed by atoms with Crippen LogP contribution in [0.1, 0.15) is 0 Å². The minimum Gasteiger partial charge on any atom is -0.493 e. The standard InChI is InChI=1S/C9H12FNO4S/c1-11-16(12,13)9-5-8(15-3)7(14-2)4-6(9)10/h4-5,11H,1-3H3. The van der Waals surface area contributed by atoms with E-state index in [0.29, 0.717) is 0 Å². The molecular weight excluding hydrogens is 237 g/mol. The van der Waals surface area contributed by atoms with Gasteiger partial charge in [0.2, 0.25) is 10.0 Å². The second-order valence-corrected chi connectivity index (χ2v) is 4.70. The van der Waals surface area contributed by atoms with Gasteiger partial charge in [0.15, 0.2) is 11.5 Å². The maximum Gasteiger partial charge on any atom is 0.243 e. The lowest BCUT2D eigenvalue weighted by Crippen LogP contribution is -2.20. The monoisotopic (exact) mass is 249 g/mol. The van der Waals surface area contributed by atoms with E-state index in [-0.39, 0.29) is 11.5 Å². The van der Waals surface area contributed by atoms with E-state index in [1.54, 1.807) is 0 Å². The lowest BCUT2D eigenvalue weighted by Gasteiger charge is -2.10. The molecule has 0 aliphatic heterocycles. The predicted molar refractivity (Wildman–Crippen MR) is 55.7 cm³/mol. The van der Waals surface area contributed by atoms with Crippen LogP contribution in [0.3, 0.4) is 0 Å². The van der Waals surface area contributed by atoms with Gasteiger partial charge in [-0.2, -0.15) is 0 Å². The van der Waals surface area contributed by atoms with Crippen LogP contribution in [-0.4, -0.2) is 29.7 Å². The van der Waals surface area contributed by atoms with Gasteiger partial charge in [-0.25, -0.2) is 17.5 Å². The Morgan fingerprint density at radius 2 is 1.69 bits per heavy atom. The van der Waals surface area contributed by atoms with Crippen LogP contribution in [0, 0.1) is 5.82 Å². The molecule has 1 rings (SSSR count). The number of rotatable bonds is 4. The van der Waals surface area contributed by atoms with Crippen molar-refractivity contribution in [3.8, 4) is 11.5 Å². The van der Waals surface area contributed by atoms with Crippen molar-refractivity contribution in [1.82, 2.24) is 4.72 Å². The predicted octanol–water partition coefficient (Wildman–Crippen LogP) is 0.751. The number of methoxy groups -OCH3 is 2. The zero-order chi connectivity index (χ0) is 12.3. The van der Waals surface area contributed by atoms with Gasteiger partial charge < -0.3 is 9.47 Å². The Hall–Kier alpha value is -1.34. The van der Waals surface area contributed by atoms with Gasteiger partial charge in [0.25, 0.3) is 0 Å². The fraction of sp³-hybridized carbons (Fsp3) is 0.333. The second-order valence-electron chi connectivity index (χ2n) is 2.85. The van der Waals surface area contributed by atoms with Crippen molar-refractivity contribution in [2.75, 3.05) is 21.3 Å². The van der Waals surface area contributed by atoms with E-state index in [1.807, 2.05) is 4.72 Å². The van der Waals surface area contributed by atoms with Crippen molar-refractivity contribution in [3.63, 3.8) is 0 Å². The minimum absolute atomic E-state index is 0.134. The van der Waals surface area contributed by atoms with Crippen molar-refractivity contribution in [2.45, 2.75) is 4.90 Å². The number of hydrogen-bond acceptors (Lipinski definition) is 4. The molecule has 0 saturated carbocycles. The molecule has 0 spiro atoms. The Bertz CT molecular complexity index is 487. The highest BCUT2D eigenvalue weighted by atomic mass is 32.2. The Labute approximate surface area is 93.2 Å². The molecule has 1 aromatic rings. The molecule has 0 heterocycles. The second kappa shape index (κ2) is 4.67. The molecule has 1 N–H and O–H groups in total. The fourth-order valence-corrected chi connectivity index (χ4v) is 1.95. The molecule has 7 heteroatoms. The Kier molecular flexibility index (Phi) is 3.71. The number of ether oxygens (including phenoxy) is 2. The molecule has 0 unspecified atom stereocenters. The van der Waals surface area contributed by atoms with Gasteiger partial charge in [0, 0.05) is 12.1 Å². The molecule has 0 aromatic heterocycles. The molecule has 0 bridgehead atoms. The molecular formula is C9H12FNO4S. The zero-order valence-corrected chi connectivity index (χ0v) is 9.89. The van der Waals surface area contributed by atoms with Gasteiger partial charge >= 0.3 is 0 Å². The summed E-state index contributed by atoms with van der Waals surface area (Å²) in [5.74, 6) is -0.611. The summed E-state index contributed by atoms with van der Waals surface area (Å²) in [5, 5.41) is 0. The van der Waals surface area contributed by atoms with Crippen LogP contribution >= 0.6 is 0 Å². The Morgan fingerprint density at radius 1 is 1.19 bits per heavy atom. The van der Waals surface area contributed by atoms with Crippen molar-refractivity contribution in [1.29, 1.82) is 0 Å². The number of sulfonamides is 1. The maximum absolute atomic E-state index is 13.5. The van der Waals surface area contributed by atoms with Crippen LogP contribution in [0.25, 0.3) is 0 Å². The van der Waals surface area contributed by atoms with Crippen LogP contribution < -0.4 is 14.2 Å². The topological polar surface area (TPSA) is 64.6 Å². The van der Waals surface area contributed by atoms with E-state index in [4.69, 9.17) is 9.47 Å². The summed E-state index contributed by atoms with van der Waals surface area (Å²) in [6, 6.07) is 2.03. The van der Waals surface area contributed by atoms with E-state index in [0.717, 1.165) is 12.1 Å². The summed E-state index contributed by atoms with van der Waals surface area (Å²) >= 11 is 0. The highest BCUT2D eigenvalue weighted by molar-refractivity contribution is 7.89. The van der Waals surface area contributed by atoms with Gasteiger partial charge in [0.05, 0.1) is 14.2 Å². The molecule has 16 heavy (non-hydrogen) atoms. The molecule has 0 atom stereocenters. The number of halogens is 1. The lowest BCUT2D eigenvalue weighted by molar-refractivity contribution is 0.350. The van der Waals surface area contributed by atoms with Crippen LogP contribution in [0.5, 0.6) is 11.5 Å². The molecule has 0 aliphatic rings. The molecule has 1 aromatic carbocycles. The number of hydrogen-bond donors (Lipinski definition) is 1. The summed E-state index contributed by atoms with van der Waals surface area (Å²) in [7, 11) is 0.0286. The van der Waals surface area contributed by atoms with Crippen molar-refractivity contribution >= 4 is 10.0 Å². The Morgan fingerprint density at radius 3 is 2.12 bits per heavy atom. The highest BCUT2D eigenvalue weighted by Crippen LogP contribution is 2.31. The van der Waals surface area contributed by atoms with Crippen molar-refractivity contribution in [2.24, 2.45) is 0 Å². The SMILES string of the molecule is CNS(=O)(=O)c1cc(OC)c(OC)cc1F. The Balaban J connectivity index is 3.44. The first-order chi connectivity index (χ1) is 7.46. The van der Waals surface area contributed by atoms with Crippen LogP contribution in [0.15, 0.2) is 17.0 Å².